The predicted octanol–water partition coefficient (Wildman–Crippen LogP) is 15.4. The van der Waals surface area contributed by atoms with E-state index in [2.05, 4.69) is 204 Å². The van der Waals surface area contributed by atoms with Gasteiger partial charge < -0.3 is 0 Å². The second-order valence-corrected chi connectivity index (χ2v) is 17.4. The maximum absolute atomic E-state index is 5.38. The van der Waals surface area contributed by atoms with E-state index in [1.807, 2.05) is 36.9 Å². The Balaban J connectivity index is 1.03. The average Bonchev–Trinajstić information content (AvgIpc) is 3.44. The summed E-state index contributed by atoms with van der Waals surface area (Å²) in [6.45, 7) is 0. The van der Waals surface area contributed by atoms with Crippen molar-refractivity contribution in [3.05, 3.63) is 237 Å². The zero-order valence-corrected chi connectivity index (χ0v) is 37.6. The van der Waals surface area contributed by atoms with Gasteiger partial charge in [0.05, 0.1) is 11.4 Å². The third-order valence-electron chi connectivity index (χ3n) is 13.2. The highest BCUT2D eigenvalue weighted by Gasteiger charge is 2.19. The van der Waals surface area contributed by atoms with E-state index < -0.39 is 0 Å². The molecule has 7 nitrogen and oxygen atoms in total. The normalized spacial score (nSPS) is 11.4. The van der Waals surface area contributed by atoms with Gasteiger partial charge in [0.15, 0.2) is 17.5 Å². The molecule has 0 amide bonds. The van der Waals surface area contributed by atoms with Crippen molar-refractivity contribution in [2.24, 2.45) is 0 Å². The van der Waals surface area contributed by atoms with Crippen molar-refractivity contribution in [1.29, 1.82) is 0 Å². The van der Waals surface area contributed by atoms with Crippen LogP contribution in [0.15, 0.2) is 237 Å². The zero-order chi connectivity index (χ0) is 46.4. The number of pyridine rings is 2. The van der Waals surface area contributed by atoms with Crippen molar-refractivity contribution in [2.75, 3.05) is 0 Å². The number of hydrogen-bond acceptors (Lipinski definition) is 7. The van der Waals surface area contributed by atoms with Crippen molar-refractivity contribution in [3.8, 4) is 90.1 Å². The monoisotopic (exact) mass is 893 g/mol. The molecule has 4 aromatic heterocycles. The summed E-state index contributed by atoms with van der Waals surface area (Å²) in [6.07, 6.45) is 8.97. The zero-order valence-electron chi connectivity index (χ0n) is 37.6. The molecular formula is C63H39N7. The van der Waals surface area contributed by atoms with Crippen molar-refractivity contribution < 1.29 is 0 Å². The van der Waals surface area contributed by atoms with Gasteiger partial charge >= 0.3 is 0 Å². The summed E-state index contributed by atoms with van der Waals surface area (Å²) >= 11 is 0. The van der Waals surface area contributed by atoms with E-state index in [0.29, 0.717) is 17.5 Å². The molecule has 0 fully saturated rings. The summed E-state index contributed by atoms with van der Waals surface area (Å²) in [4.78, 5) is 34.3. The number of nitrogens with zero attached hydrogens (tertiary/aromatic N) is 7. The molecule has 0 spiro atoms. The Morgan fingerprint density at radius 2 is 0.700 bits per heavy atom. The molecule has 0 radical (unpaired) electrons. The van der Waals surface area contributed by atoms with Crippen LogP contribution in [0, 0.1) is 0 Å². The summed E-state index contributed by atoms with van der Waals surface area (Å²) in [5.74, 6) is 1.65. The second kappa shape index (κ2) is 17.2. The quantitative estimate of drug-likeness (QED) is 0.140. The third-order valence-corrected chi connectivity index (χ3v) is 13.2. The summed E-state index contributed by atoms with van der Waals surface area (Å²) < 4.78 is 0. The molecule has 0 aliphatic rings. The molecule has 0 atom stereocenters. The number of fused-ring (bicyclic) bond motifs is 5. The summed E-state index contributed by atoms with van der Waals surface area (Å²) in [5, 5.41) is 9.16. The molecule has 0 aliphatic carbocycles. The standard InChI is InChI=1S/C63H39N7/c1-5-19-54-42(11-1)27-29-66-59(54)45-14-9-16-47(31-45)61-68-62(48-17-10-15-46(32-48)60-55-20-6-2-12-43(55)28-30-67-60)70-63(69-61)51-34-49(40-23-25-41(26-24-40)52-37-64-39-65-38-52)33-50(35-51)58-36-44-13-3-4-18-53(44)56-21-7-8-22-57(56)58/h1-39H. The van der Waals surface area contributed by atoms with Crippen LogP contribution in [0.1, 0.15) is 0 Å². The van der Waals surface area contributed by atoms with Gasteiger partial charge in [-0.2, -0.15) is 0 Å². The fourth-order valence-electron chi connectivity index (χ4n) is 9.75. The number of rotatable bonds is 8. The molecule has 326 valence electrons. The number of benzene rings is 9. The molecule has 13 rings (SSSR count). The molecule has 0 unspecified atom stereocenters. The Kier molecular flexibility index (Phi) is 10.0. The highest BCUT2D eigenvalue weighted by Crippen LogP contribution is 2.40. The van der Waals surface area contributed by atoms with Crippen LogP contribution < -0.4 is 0 Å². The topological polar surface area (TPSA) is 90.2 Å². The van der Waals surface area contributed by atoms with Gasteiger partial charge in [-0.25, -0.2) is 24.9 Å². The van der Waals surface area contributed by atoms with Crippen LogP contribution in [-0.2, 0) is 0 Å². The minimum atomic E-state index is 0.549. The first-order chi connectivity index (χ1) is 34.7. The molecule has 9 aromatic carbocycles. The Bertz CT molecular complexity index is 3980. The maximum Gasteiger partial charge on any atom is 0.164 e. The van der Waals surface area contributed by atoms with Gasteiger partial charge in [-0.1, -0.05) is 158 Å². The first kappa shape index (κ1) is 40.7. The van der Waals surface area contributed by atoms with Crippen LogP contribution in [0.2, 0.25) is 0 Å². The molecule has 70 heavy (non-hydrogen) atoms. The van der Waals surface area contributed by atoms with Gasteiger partial charge in [0.1, 0.15) is 6.33 Å². The van der Waals surface area contributed by atoms with Gasteiger partial charge in [-0.3, -0.25) is 9.97 Å². The van der Waals surface area contributed by atoms with E-state index >= 15 is 0 Å². The van der Waals surface area contributed by atoms with Crippen LogP contribution in [0.4, 0.5) is 0 Å². The smallest absolute Gasteiger partial charge is 0.164 e. The first-order valence-corrected chi connectivity index (χ1v) is 23.2. The SMILES string of the molecule is c1cc(-c2nc(-c3cccc(-c4nccc5ccccc45)c3)nc(-c3cc(-c4ccc(-c5cncnc5)cc4)cc(-c4cc5ccccc5c5ccccc45)c3)n2)cc(-c2nccc3ccccc23)c1. The van der Waals surface area contributed by atoms with E-state index in [1.165, 1.54) is 21.5 Å². The van der Waals surface area contributed by atoms with Gasteiger partial charge in [0.25, 0.3) is 0 Å². The molecule has 0 bridgehead atoms. The molecule has 0 saturated heterocycles. The van der Waals surface area contributed by atoms with E-state index in [1.54, 1.807) is 6.33 Å². The maximum atomic E-state index is 5.38. The predicted molar refractivity (Wildman–Crippen MR) is 285 cm³/mol. The molecule has 13 aromatic rings. The summed E-state index contributed by atoms with van der Waals surface area (Å²) in [5.41, 5.74) is 12.5. The Hall–Kier alpha value is -9.59. The van der Waals surface area contributed by atoms with Crippen LogP contribution >= 0.6 is 0 Å². The van der Waals surface area contributed by atoms with Crippen molar-refractivity contribution in [2.45, 2.75) is 0 Å². The summed E-state index contributed by atoms with van der Waals surface area (Å²) in [6, 6.07) is 72.4. The second-order valence-electron chi connectivity index (χ2n) is 17.4. The fraction of sp³-hybridized carbons (Fsp3) is 0. The molecule has 0 saturated carbocycles. The van der Waals surface area contributed by atoms with Crippen LogP contribution in [0.5, 0.6) is 0 Å². The molecule has 0 N–H and O–H groups in total. The molecule has 4 heterocycles. The van der Waals surface area contributed by atoms with Crippen molar-refractivity contribution in [1.82, 2.24) is 34.9 Å². The van der Waals surface area contributed by atoms with E-state index in [-0.39, 0.29) is 0 Å². The van der Waals surface area contributed by atoms with Crippen molar-refractivity contribution in [3.63, 3.8) is 0 Å². The lowest BCUT2D eigenvalue weighted by Crippen LogP contribution is -2.01. The van der Waals surface area contributed by atoms with Crippen molar-refractivity contribution >= 4 is 43.1 Å². The lowest BCUT2D eigenvalue weighted by molar-refractivity contribution is 1.07. The molecule has 7 heteroatoms. The number of hydrogen-bond donors (Lipinski definition) is 0. The van der Waals surface area contributed by atoms with E-state index in [0.717, 1.165) is 94.1 Å². The van der Waals surface area contributed by atoms with Gasteiger partial charge in [0.2, 0.25) is 0 Å². The highest BCUT2D eigenvalue weighted by molar-refractivity contribution is 6.14. The van der Waals surface area contributed by atoms with E-state index in [4.69, 9.17) is 24.9 Å². The molecular weight excluding hydrogens is 855 g/mol. The Labute approximate surface area is 403 Å². The minimum absolute atomic E-state index is 0.549. The van der Waals surface area contributed by atoms with Crippen LogP contribution in [0.25, 0.3) is 133 Å². The largest absolute Gasteiger partial charge is 0.256 e. The lowest BCUT2D eigenvalue weighted by Gasteiger charge is -2.15. The van der Waals surface area contributed by atoms with E-state index in [9.17, 15) is 0 Å². The third kappa shape index (κ3) is 7.48. The summed E-state index contributed by atoms with van der Waals surface area (Å²) in [7, 11) is 0. The van der Waals surface area contributed by atoms with Gasteiger partial charge in [-0.05, 0) is 109 Å². The van der Waals surface area contributed by atoms with Crippen LogP contribution in [-0.4, -0.2) is 34.9 Å². The molecule has 0 aliphatic heterocycles. The lowest BCUT2D eigenvalue weighted by atomic mass is 9.90. The van der Waals surface area contributed by atoms with Gasteiger partial charge in [-0.15, -0.1) is 0 Å². The minimum Gasteiger partial charge on any atom is -0.256 e. The van der Waals surface area contributed by atoms with Gasteiger partial charge in [0, 0.05) is 68.9 Å². The Morgan fingerprint density at radius 3 is 1.30 bits per heavy atom. The number of aromatic nitrogens is 7. The first-order valence-electron chi connectivity index (χ1n) is 23.2. The highest BCUT2D eigenvalue weighted by atomic mass is 15.0. The fourth-order valence-corrected chi connectivity index (χ4v) is 9.75. The van der Waals surface area contributed by atoms with Crippen LogP contribution in [0.3, 0.4) is 0 Å². The Morgan fingerprint density at radius 1 is 0.257 bits per heavy atom. The average molecular weight is 894 g/mol.